The third-order valence-corrected chi connectivity index (χ3v) is 3.83. The minimum atomic E-state index is -1.17. The number of nitrogens with one attached hydrogen (secondary N) is 2. The zero-order valence-electron chi connectivity index (χ0n) is 11.7. The van der Waals surface area contributed by atoms with Gasteiger partial charge in [0.25, 0.3) is 0 Å². The molecule has 1 fully saturated rings. The lowest BCUT2D eigenvalue weighted by Crippen LogP contribution is -2.56. The Morgan fingerprint density at radius 3 is 2.53 bits per heavy atom. The van der Waals surface area contributed by atoms with Gasteiger partial charge in [-0.15, -0.1) is 0 Å². The highest BCUT2D eigenvalue weighted by Crippen LogP contribution is 2.16. The van der Waals surface area contributed by atoms with Crippen molar-refractivity contribution in [3.63, 3.8) is 0 Å². The minimum Gasteiger partial charge on any atom is -0.480 e. The highest BCUT2D eigenvalue weighted by atomic mass is 16.5. The molecule has 0 aromatic rings. The molecule has 1 aliphatic heterocycles. The predicted octanol–water partition coefficient (Wildman–Crippen LogP) is 1.36. The monoisotopic (exact) mass is 272 g/mol. The number of carboxylic acid groups (broad SMARTS) is 1. The number of hydrogen-bond acceptors (Lipinski definition) is 3. The third-order valence-electron chi connectivity index (χ3n) is 3.83. The first-order chi connectivity index (χ1) is 9.04. The van der Waals surface area contributed by atoms with E-state index in [9.17, 15) is 14.7 Å². The summed E-state index contributed by atoms with van der Waals surface area (Å²) in [6.07, 6.45) is 2.63. The van der Waals surface area contributed by atoms with E-state index in [0.717, 1.165) is 26.1 Å². The maximum atomic E-state index is 11.7. The van der Waals surface area contributed by atoms with Crippen molar-refractivity contribution in [3.8, 4) is 0 Å². The van der Waals surface area contributed by atoms with Crippen molar-refractivity contribution < 1.29 is 19.4 Å². The first-order valence-electron chi connectivity index (χ1n) is 6.91. The molecule has 0 aromatic carbocycles. The lowest BCUT2D eigenvalue weighted by Gasteiger charge is -2.28. The Balaban J connectivity index is 2.33. The van der Waals surface area contributed by atoms with E-state index in [-0.39, 0.29) is 0 Å². The smallest absolute Gasteiger partial charge is 0.329 e. The molecule has 1 unspecified atom stereocenters. The van der Waals surface area contributed by atoms with E-state index in [0.29, 0.717) is 25.3 Å². The number of ether oxygens (including phenoxy) is 1. The molecule has 2 amide bonds. The van der Waals surface area contributed by atoms with Crippen LogP contribution in [0.5, 0.6) is 0 Å². The molecule has 0 saturated carbocycles. The van der Waals surface area contributed by atoms with Crippen LogP contribution in [0.15, 0.2) is 0 Å². The van der Waals surface area contributed by atoms with Crippen molar-refractivity contribution in [2.24, 2.45) is 5.92 Å². The summed E-state index contributed by atoms with van der Waals surface area (Å²) >= 11 is 0. The van der Waals surface area contributed by atoms with Crippen molar-refractivity contribution in [2.75, 3.05) is 19.8 Å². The number of carbonyl (C=O) groups is 2. The van der Waals surface area contributed by atoms with Gasteiger partial charge in [-0.1, -0.05) is 13.8 Å². The van der Waals surface area contributed by atoms with Gasteiger partial charge in [0, 0.05) is 19.8 Å². The molecule has 0 radical (unpaired) electrons. The van der Waals surface area contributed by atoms with Crippen LogP contribution in [-0.4, -0.2) is 42.4 Å². The summed E-state index contributed by atoms with van der Waals surface area (Å²) in [6, 6.07) is -0.412. The molecule has 110 valence electrons. The Kier molecular flexibility index (Phi) is 6.08. The van der Waals surface area contributed by atoms with Gasteiger partial charge >= 0.3 is 12.0 Å². The summed E-state index contributed by atoms with van der Waals surface area (Å²) in [5, 5.41) is 14.5. The van der Waals surface area contributed by atoms with Gasteiger partial charge in [-0.25, -0.2) is 9.59 Å². The third kappa shape index (κ3) is 4.38. The zero-order valence-corrected chi connectivity index (χ0v) is 11.7. The van der Waals surface area contributed by atoms with Crippen LogP contribution < -0.4 is 10.6 Å². The van der Waals surface area contributed by atoms with E-state index in [1.54, 1.807) is 13.8 Å². The van der Waals surface area contributed by atoms with Crippen LogP contribution in [0.3, 0.4) is 0 Å². The van der Waals surface area contributed by atoms with Crippen molar-refractivity contribution in [1.82, 2.24) is 10.6 Å². The lowest BCUT2D eigenvalue weighted by molar-refractivity contribution is -0.144. The van der Waals surface area contributed by atoms with Crippen molar-refractivity contribution in [1.29, 1.82) is 0 Å². The molecule has 0 bridgehead atoms. The van der Waals surface area contributed by atoms with Crippen molar-refractivity contribution in [2.45, 2.75) is 45.1 Å². The lowest BCUT2D eigenvalue weighted by atomic mass is 9.93. The van der Waals surface area contributed by atoms with E-state index in [2.05, 4.69) is 10.6 Å². The second-order valence-corrected chi connectivity index (χ2v) is 4.99. The number of urea groups is 1. The van der Waals surface area contributed by atoms with Crippen LogP contribution in [0.25, 0.3) is 0 Å². The van der Waals surface area contributed by atoms with Gasteiger partial charge in [0.05, 0.1) is 0 Å². The second-order valence-electron chi connectivity index (χ2n) is 4.99. The average Bonchev–Trinajstić information content (AvgIpc) is 2.89. The summed E-state index contributed by atoms with van der Waals surface area (Å²) in [7, 11) is 0. The number of carbonyl (C=O) groups excluding carboxylic acids is 1. The van der Waals surface area contributed by atoms with E-state index in [1.807, 2.05) is 0 Å². The fraction of sp³-hybridized carbons (Fsp3) is 0.846. The van der Waals surface area contributed by atoms with Crippen LogP contribution in [-0.2, 0) is 9.53 Å². The van der Waals surface area contributed by atoms with Crippen LogP contribution in [0, 0.1) is 5.92 Å². The zero-order chi connectivity index (χ0) is 14.3. The molecule has 19 heavy (non-hydrogen) atoms. The molecule has 6 heteroatoms. The topological polar surface area (TPSA) is 87.7 Å². The quantitative estimate of drug-likeness (QED) is 0.653. The Hall–Kier alpha value is -1.30. The highest BCUT2D eigenvalue weighted by molar-refractivity contribution is 5.86. The first kappa shape index (κ1) is 15.8. The number of aliphatic carboxylic acids is 1. The van der Waals surface area contributed by atoms with Crippen LogP contribution >= 0.6 is 0 Å². The number of rotatable bonds is 7. The number of hydrogen-bond donors (Lipinski definition) is 3. The second kappa shape index (κ2) is 7.33. The molecule has 1 saturated heterocycles. The molecular formula is C13H24N2O4. The average molecular weight is 272 g/mol. The number of carboxylic acids is 1. The standard InChI is InChI=1S/C13H24N2O4/c1-3-13(4-2,11(16)17)15-12(18)14-7-5-10-6-8-19-9-10/h10H,3-9H2,1-2H3,(H,16,17)(H2,14,15,18). The van der Waals surface area contributed by atoms with E-state index >= 15 is 0 Å². The van der Waals surface area contributed by atoms with Gasteiger partial charge in [-0.2, -0.15) is 0 Å². The minimum absolute atomic E-state index is 0.364. The van der Waals surface area contributed by atoms with Crippen molar-refractivity contribution in [3.05, 3.63) is 0 Å². The van der Waals surface area contributed by atoms with Gasteiger partial charge < -0.3 is 20.5 Å². The molecule has 1 heterocycles. The van der Waals surface area contributed by atoms with E-state index < -0.39 is 17.5 Å². The molecule has 1 aliphatic rings. The predicted molar refractivity (Wildman–Crippen MR) is 71.0 cm³/mol. The molecule has 1 rings (SSSR count). The summed E-state index contributed by atoms with van der Waals surface area (Å²) < 4.78 is 5.26. The Morgan fingerprint density at radius 1 is 1.37 bits per heavy atom. The van der Waals surface area contributed by atoms with Crippen LogP contribution in [0.1, 0.15) is 39.5 Å². The van der Waals surface area contributed by atoms with E-state index in [4.69, 9.17) is 4.74 Å². The van der Waals surface area contributed by atoms with Gasteiger partial charge in [0.2, 0.25) is 0 Å². The molecule has 0 aliphatic carbocycles. The Morgan fingerprint density at radius 2 is 2.05 bits per heavy atom. The van der Waals surface area contributed by atoms with Gasteiger partial charge in [0.15, 0.2) is 0 Å². The Labute approximate surface area is 113 Å². The fourth-order valence-electron chi connectivity index (χ4n) is 2.25. The van der Waals surface area contributed by atoms with Crippen molar-refractivity contribution >= 4 is 12.0 Å². The largest absolute Gasteiger partial charge is 0.480 e. The number of amides is 2. The Bertz CT molecular complexity index is 310. The molecule has 1 atom stereocenters. The molecule has 0 aromatic heterocycles. The van der Waals surface area contributed by atoms with E-state index in [1.165, 1.54) is 0 Å². The molecule has 3 N–H and O–H groups in total. The molecular weight excluding hydrogens is 248 g/mol. The maximum Gasteiger partial charge on any atom is 0.329 e. The van der Waals surface area contributed by atoms with Gasteiger partial charge in [-0.3, -0.25) is 0 Å². The summed E-state index contributed by atoms with van der Waals surface area (Å²) in [5.41, 5.74) is -1.17. The van der Waals surface area contributed by atoms with Crippen LogP contribution in [0.2, 0.25) is 0 Å². The van der Waals surface area contributed by atoms with Gasteiger partial charge in [-0.05, 0) is 31.6 Å². The maximum absolute atomic E-state index is 11.7. The molecule has 6 nitrogen and oxygen atoms in total. The SMILES string of the molecule is CCC(CC)(NC(=O)NCCC1CCOC1)C(=O)O. The fourth-order valence-corrected chi connectivity index (χ4v) is 2.25. The summed E-state index contributed by atoms with van der Waals surface area (Å²) in [6.45, 7) is 5.61. The van der Waals surface area contributed by atoms with Gasteiger partial charge in [0.1, 0.15) is 5.54 Å². The first-order valence-corrected chi connectivity index (χ1v) is 6.91. The van der Waals surface area contributed by atoms with Crippen LogP contribution in [0.4, 0.5) is 4.79 Å². The summed E-state index contributed by atoms with van der Waals surface area (Å²) in [5.74, 6) is -0.487. The molecule has 0 spiro atoms. The highest BCUT2D eigenvalue weighted by Gasteiger charge is 2.36. The summed E-state index contributed by atoms with van der Waals surface area (Å²) in [4.78, 5) is 23.0. The normalized spacial score (nSPS) is 19.2.